The molecule has 2 unspecified atom stereocenters. The van der Waals surface area contributed by atoms with Crippen LogP contribution in [-0.2, 0) is 64.5 Å². The highest BCUT2D eigenvalue weighted by molar-refractivity contribution is 7.94. The number of nitrogens with zero attached hydrogens (tertiary/aromatic N) is 6. The Morgan fingerprint density at radius 1 is 0.884 bits per heavy atom. The van der Waals surface area contributed by atoms with E-state index in [2.05, 4.69) is 41.4 Å². The lowest BCUT2D eigenvalue weighted by molar-refractivity contribution is -0.248. The Morgan fingerprint density at radius 2 is 1.66 bits per heavy atom. The van der Waals surface area contributed by atoms with Crippen molar-refractivity contribution in [3.8, 4) is 16.9 Å². The number of hydrogen-bond acceptors (Lipinski definition) is 19. The van der Waals surface area contributed by atoms with Gasteiger partial charge in [-0.05, 0) is 140 Å². The number of rotatable bonds is 27. The summed E-state index contributed by atoms with van der Waals surface area (Å²) in [4.78, 5) is 91.0. The number of aromatic carboxylic acids is 1. The number of carbonyl (C=O) groups is 6. The second-order valence-electron chi connectivity index (χ2n) is 27.0. The number of fused-ring (bicyclic) bond motifs is 2. The first-order valence-corrected chi connectivity index (χ1v) is 34.5. The molecule has 6 aromatic rings. The average molecular weight is 1340 g/mol. The van der Waals surface area contributed by atoms with Crippen LogP contribution in [0.2, 0.25) is 0 Å². The summed E-state index contributed by atoms with van der Waals surface area (Å²) in [6, 6.07) is 21.5. The van der Waals surface area contributed by atoms with E-state index in [4.69, 9.17) is 29.0 Å². The highest BCUT2D eigenvalue weighted by atomic mass is 32.2. The highest BCUT2D eigenvalue weighted by Crippen LogP contribution is 2.72. The van der Waals surface area contributed by atoms with Crippen molar-refractivity contribution in [2.24, 2.45) is 16.2 Å². The molecule has 4 saturated carbocycles. The largest absolute Gasteiger partial charge is 0.479 e. The zero-order chi connectivity index (χ0) is 67.6. The fraction of sp³-hybridized carbons (Fsp3) is 0.485. The number of pyridine rings is 1. The van der Waals surface area contributed by atoms with Gasteiger partial charge in [-0.15, -0.1) is 0 Å². The van der Waals surface area contributed by atoms with Crippen molar-refractivity contribution in [3.05, 3.63) is 125 Å². The molecule has 3 aromatic carbocycles. The molecule has 2 aliphatic heterocycles. The van der Waals surface area contributed by atoms with Crippen molar-refractivity contribution >= 4 is 83.8 Å². The molecule has 5 heterocycles. The Kier molecular flexibility index (Phi) is 19.9. The number of thiazole rings is 1. The van der Waals surface area contributed by atoms with Gasteiger partial charge in [-0.2, -0.15) is 5.10 Å². The molecule has 1 saturated heterocycles. The van der Waals surface area contributed by atoms with E-state index < -0.39 is 70.4 Å². The van der Waals surface area contributed by atoms with Crippen LogP contribution in [0.25, 0.3) is 21.3 Å². The monoisotopic (exact) mass is 1340 g/mol. The molecule has 6 aliphatic rings. The average Bonchev–Trinajstić information content (AvgIpc) is 0.726. The van der Waals surface area contributed by atoms with Crippen molar-refractivity contribution in [3.63, 3.8) is 0 Å². The molecule has 506 valence electrons. The number of carbonyl (C=O) groups excluding carboxylic acids is 4. The van der Waals surface area contributed by atoms with Crippen LogP contribution in [-0.4, -0.2) is 158 Å². The molecular formula is C68H81N9O16S2. The molecule has 27 heteroatoms. The lowest BCUT2D eigenvalue weighted by Crippen LogP contribution is -2.64. The van der Waals surface area contributed by atoms with Crippen LogP contribution in [0.5, 0.6) is 5.75 Å². The van der Waals surface area contributed by atoms with E-state index in [9.17, 15) is 57.6 Å². The summed E-state index contributed by atoms with van der Waals surface area (Å²) in [5.74, 6) is -3.36. The van der Waals surface area contributed by atoms with E-state index >= 15 is 0 Å². The minimum atomic E-state index is -3.33. The predicted octanol–water partition coefficient (Wildman–Crippen LogP) is 8.64. The third-order valence-electron chi connectivity index (χ3n) is 19.0. The molecule has 3 aromatic heterocycles. The van der Waals surface area contributed by atoms with E-state index in [1.807, 2.05) is 59.0 Å². The fourth-order valence-corrected chi connectivity index (χ4v) is 17.4. The Labute approximate surface area is 554 Å². The van der Waals surface area contributed by atoms with Crippen LogP contribution >= 0.6 is 11.3 Å². The van der Waals surface area contributed by atoms with Crippen molar-refractivity contribution in [2.75, 3.05) is 54.6 Å². The number of aromatic nitrogens is 4. The summed E-state index contributed by atoms with van der Waals surface area (Å²) >= 11 is 1.41. The molecule has 4 aliphatic carbocycles. The molecule has 0 radical (unpaired) electrons. The quantitative estimate of drug-likeness (QED) is 0.0237. The molecule has 25 nitrogen and oxygen atoms in total. The minimum Gasteiger partial charge on any atom is -0.479 e. The smallest absolute Gasteiger partial charge is 0.409 e. The van der Waals surface area contributed by atoms with Crippen LogP contribution < -0.4 is 25.6 Å². The third kappa shape index (κ3) is 15.7. The first-order chi connectivity index (χ1) is 45.2. The Morgan fingerprint density at radius 3 is 2.41 bits per heavy atom. The van der Waals surface area contributed by atoms with Gasteiger partial charge < -0.3 is 59.8 Å². The molecule has 5 fully saturated rings. The van der Waals surface area contributed by atoms with Crippen LogP contribution in [0.3, 0.4) is 0 Å². The number of likely N-dealkylation sites (N-methyl/N-ethyl adjacent to an activating group) is 1. The zero-order valence-electron chi connectivity index (χ0n) is 53.6. The summed E-state index contributed by atoms with van der Waals surface area (Å²) in [5, 5.41) is 56.2. The number of amides is 4. The van der Waals surface area contributed by atoms with E-state index in [-0.39, 0.29) is 90.1 Å². The molecule has 6 atom stereocenters. The Hall–Kier alpha value is -8.34. The number of para-hydroxylation sites is 1. The number of ether oxygens (including phenoxy) is 4. The van der Waals surface area contributed by atoms with Gasteiger partial charge in [-0.25, -0.2) is 32.8 Å². The number of hydrogen-bond donors (Lipinski definition) is 7. The summed E-state index contributed by atoms with van der Waals surface area (Å²) < 4.78 is 50.4. The first kappa shape index (κ1) is 68.1. The van der Waals surface area contributed by atoms with Crippen molar-refractivity contribution in [1.82, 2.24) is 30.0 Å². The van der Waals surface area contributed by atoms with E-state index in [0.717, 1.165) is 71.0 Å². The van der Waals surface area contributed by atoms with Gasteiger partial charge in [0.1, 0.15) is 24.3 Å². The molecule has 4 amide bonds. The third-order valence-corrected chi connectivity index (χ3v) is 21.3. The van der Waals surface area contributed by atoms with Gasteiger partial charge in [0, 0.05) is 86.8 Å². The summed E-state index contributed by atoms with van der Waals surface area (Å²) in [7, 11) is -1.73. The molecule has 95 heavy (non-hydrogen) atoms. The molecular weight excluding hydrogens is 1260 g/mol. The molecule has 7 N–H and O–H groups in total. The number of nitrogens with one attached hydrogen (secondary N) is 3. The van der Waals surface area contributed by atoms with Gasteiger partial charge in [0.15, 0.2) is 26.8 Å². The second kappa shape index (κ2) is 27.8. The van der Waals surface area contributed by atoms with Crippen molar-refractivity contribution in [2.45, 2.75) is 154 Å². The molecule has 4 bridgehead atoms. The number of aliphatic hydroxyl groups excluding tert-OH is 2. The van der Waals surface area contributed by atoms with Crippen LogP contribution in [0.1, 0.15) is 134 Å². The lowest BCUT2D eigenvalue weighted by Gasteiger charge is -2.69. The normalized spacial score (nSPS) is 24.3. The minimum absolute atomic E-state index is 0.0329. The van der Waals surface area contributed by atoms with Crippen molar-refractivity contribution < 1.29 is 76.6 Å². The Balaban J connectivity index is 0.709. The van der Waals surface area contributed by atoms with Gasteiger partial charge >= 0.3 is 18.0 Å². The number of sulfone groups is 1. The summed E-state index contributed by atoms with van der Waals surface area (Å²) in [6.45, 7) is 11.6. The van der Waals surface area contributed by atoms with Gasteiger partial charge in [0.05, 0.1) is 46.2 Å². The fourth-order valence-electron chi connectivity index (χ4n) is 15.7. The van der Waals surface area contributed by atoms with Crippen LogP contribution in [0.4, 0.5) is 21.4 Å². The summed E-state index contributed by atoms with van der Waals surface area (Å²) in [6.07, 6.45) is 1.70. The number of benzene rings is 3. The maximum atomic E-state index is 13.8. The summed E-state index contributed by atoms with van der Waals surface area (Å²) in [5.41, 5.74) is 4.74. The van der Waals surface area contributed by atoms with Gasteiger partial charge in [0.2, 0.25) is 18.1 Å². The maximum Gasteiger partial charge on any atom is 0.409 e. The Bertz CT molecular complexity index is 4010. The van der Waals surface area contributed by atoms with Gasteiger partial charge in [-0.1, -0.05) is 68.5 Å². The van der Waals surface area contributed by atoms with Gasteiger partial charge in [-0.3, -0.25) is 24.4 Å². The molecule has 12 rings (SSSR count). The van der Waals surface area contributed by atoms with E-state index in [0.29, 0.717) is 78.5 Å². The standard InChI is InChI=1S/C68H81N9O16S2/c1-6-95(88,89)28-11-7-8-17-55(79)69-24-22-56(80)71-49-29-42(18-20-51(49)92-62-58(81)50(78)30-52(93-62)60(83)84)33-90-64(87)75(5)26-27-91-68-37-65(3)34-66(4,38-68)36-67(35-65,39-68)40-77-41(2)46(31-70-77)44-19-21-54(73-57(44)61(85)86)76-25-23-43-13-12-14-45(47(43)32-76)59(82)74-63-72-48-15-9-10-16-53(48)94-63/h6,9-10,12-16,18-21,29,31,50,52,58,62,78,81H,1,7-8,11,17,22-28,30,32-40H2,2-5H3,(H,69,79)(H,71,80)(H,83,84)(H,85,86)(H,72,74,82)/t50-,52-,58+,62+,65?,66?,67?,68?/m0/s1. The van der Waals surface area contributed by atoms with Crippen LogP contribution in [0.15, 0.2) is 91.0 Å². The topological polar surface area (TPSA) is 341 Å². The number of anilines is 3. The predicted molar refractivity (Wildman–Crippen MR) is 352 cm³/mol. The SMILES string of the molecule is C=CS(=O)(=O)CCCCCC(=O)NCCC(=O)Nc1cc(COC(=O)N(C)CCOC23CC4(C)CC(C)(CC(Cn5ncc(-c6ccc(N7CCc8cccc(C(=O)Nc9nc%10ccccc%10s9)c8C7)nc6C(=O)O)c5C)(C4)C2)C3)ccc1O[C@@H]1O[C@H](C(=O)O)C[C@H](O)[C@H]1O. The maximum absolute atomic E-state index is 13.8. The first-order valence-electron chi connectivity index (χ1n) is 32.0. The second-order valence-corrected chi connectivity index (χ2v) is 30.1. The van der Waals surface area contributed by atoms with Gasteiger partial charge in [0.25, 0.3) is 5.91 Å². The molecule has 0 spiro atoms. The van der Waals surface area contributed by atoms with Crippen molar-refractivity contribution in [1.29, 1.82) is 0 Å². The lowest BCUT2D eigenvalue weighted by atomic mass is 9.39. The number of carboxylic acid groups (broad SMARTS) is 2. The van der Waals surface area contributed by atoms with E-state index in [1.165, 1.54) is 34.4 Å². The number of aliphatic hydroxyl groups is 2. The van der Waals surface area contributed by atoms with Crippen LogP contribution in [0, 0.1) is 23.2 Å². The highest BCUT2D eigenvalue weighted by Gasteiger charge is 2.66. The number of aliphatic carboxylic acids is 1. The number of unbranched alkanes of at least 4 members (excludes halogenated alkanes) is 2. The zero-order valence-corrected chi connectivity index (χ0v) is 55.3. The van der Waals surface area contributed by atoms with E-state index in [1.54, 1.807) is 25.4 Å². The number of carboxylic acids is 2.